The van der Waals surface area contributed by atoms with Gasteiger partial charge in [0.15, 0.2) is 0 Å². The molecule has 2 atom stereocenters. The van der Waals surface area contributed by atoms with Gasteiger partial charge in [0.25, 0.3) is 11.5 Å². The number of nitrogens with one attached hydrogen (secondary N) is 3. The monoisotopic (exact) mass is 357 g/mol. The van der Waals surface area contributed by atoms with Gasteiger partial charge in [0.1, 0.15) is 11.3 Å². The van der Waals surface area contributed by atoms with Crippen LogP contribution in [-0.4, -0.2) is 38.0 Å². The zero-order valence-electron chi connectivity index (χ0n) is 14.1. The number of amides is 1. The minimum absolute atomic E-state index is 0.0831. The van der Waals surface area contributed by atoms with Crippen LogP contribution < -0.4 is 21.3 Å². The van der Waals surface area contributed by atoms with Crippen molar-refractivity contribution in [2.45, 2.75) is 43.6 Å². The van der Waals surface area contributed by atoms with Crippen LogP contribution >= 0.6 is 0 Å². The van der Waals surface area contributed by atoms with E-state index < -0.39 is 11.3 Å². The van der Waals surface area contributed by atoms with Crippen LogP contribution in [0.25, 0.3) is 0 Å². The number of nitrogens with zero attached hydrogens (tertiary/aromatic N) is 2. The minimum atomic E-state index is -0.576. The van der Waals surface area contributed by atoms with Gasteiger partial charge in [-0.25, -0.2) is 9.78 Å². The Kier molecular flexibility index (Phi) is 4.06. The number of rotatable bonds is 4. The Hall–Kier alpha value is -2.97. The summed E-state index contributed by atoms with van der Waals surface area (Å²) in [5.41, 5.74) is -0.765. The molecule has 0 saturated heterocycles. The molecule has 136 valence electrons. The molecule has 0 bridgehead atoms. The van der Waals surface area contributed by atoms with Crippen LogP contribution in [0.4, 0.5) is 0 Å². The first-order chi connectivity index (χ1) is 12.6. The number of aromatic amines is 2. The number of ether oxygens (including phenoxy) is 1. The van der Waals surface area contributed by atoms with Gasteiger partial charge in [0.2, 0.25) is 5.88 Å². The summed E-state index contributed by atoms with van der Waals surface area (Å²) in [6.07, 6.45) is 8.48. The highest BCUT2D eigenvalue weighted by Gasteiger charge is 2.51. The Morgan fingerprint density at radius 2 is 2.19 bits per heavy atom. The molecule has 26 heavy (non-hydrogen) atoms. The molecule has 2 aromatic rings. The van der Waals surface area contributed by atoms with Gasteiger partial charge in [-0.1, -0.05) is 6.42 Å². The summed E-state index contributed by atoms with van der Waals surface area (Å²) >= 11 is 0. The van der Waals surface area contributed by atoms with Crippen molar-refractivity contribution in [2.75, 3.05) is 6.54 Å². The smallest absolute Gasteiger partial charge is 0.328 e. The van der Waals surface area contributed by atoms with Crippen molar-refractivity contribution in [2.24, 2.45) is 0 Å². The van der Waals surface area contributed by atoms with Crippen LogP contribution in [-0.2, 0) is 0 Å². The largest absolute Gasteiger partial charge is 0.471 e. The van der Waals surface area contributed by atoms with Crippen molar-refractivity contribution in [1.82, 2.24) is 25.3 Å². The molecule has 9 nitrogen and oxygen atoms in total. The Balaban J connectivity index is 1.52. The summed E-state index contributed by atoms with van der Waals surface area (Å²) < 4.78 is 6.09. The molecule has 9 heteroatoms. The molecule has 3 N–H and O–H groups in total. The van der Waals surface area contributed by atoms with E-state index in [2.05, 4.69) is 25.3 Å². The Morgan fingerprint density at radius 3 is 3.00 bits per heavy atom. The second kappa shape index (κ2) is 6.40. The van der Waals surface area contributed by atoms with Gasteiger partial charge in [0, 0.05) is 31.3 Å². The van der Waals surface area contributed by atoms with Crippen LogP contribution in [0.2, 0.25) is 0 Å². The van der Waals surface area contributed by atoms with Crippen molar-refractivity contribution in [3.63, 3.8) is 0 Å². The summed E-state index contributed by atoms with van der Waals surface area (Å²) in [7, 11) is 0. The molecule has 3 heterocycles. The van der Waals surface area contributed by atoms with E-state index in [1.807, 2.05) is 0 Å². The standard InChI is InChI=1S/C17H19N5O4/c23-13(11-9-18-7-8-19-11)20-6-5-17-4-2-1-3-10(17)12-14(24)21-16(25)22-15(12)26-17/h7-10H,1-6H2,(H,20,23)(H2,21,22,24,25)/t10-,17+/m1/s1. The second-order valence-corrected chi connectivity index (χ2v) is 6.71. The predicted molar refractivity (Wildman–Crippen MR) is 91.2 cm³/mol. The first-order valence-corrected chi connectivity index (χ1v) is 8.69. The molecular formula is C17H19N5O4. The van der Waals surface area contributed by atoms with Crippen LogP contribution in [0.1, 0.15) is 54.1 Å². The van der Waals surface area contributed by atoms with Crippen LogP contribution in [0.3, 0.4) is 0 Å². The van der Waals surface area contributed by atoms with E-state index in [0.29, 0.717) is 18.5 Å². The number of hydrogen-bond acceptors (Lipinski definition) is 6. The number of carbonyl (C=O) groups excluding carboxylic acids is 1. The first-order valence-electron chi connectivity index (χ1n) is 8.69. The van der Waals surface area contributed by atoms with Gasteiger partial charge in [0.05, 0.1) is 11.8 Å². The van der Waals surface area contributed by atoms with Gasteiger partial charge in [-0.3, -0.25) is 24.5 Å². The first kappa shape index (κ1) is 16.5. The van der Waals surface area contributed by atoms with Crippen molar-refractivity contribution < 1.29 is 9.53 Å². The van der Waals surface area contributed by atoms with Crippen molar-refractivity contribution in [1.29, 1.82) is 0 Å². The van der Waals surface area contributed by atoms with Crippen LogP contribution in [0.15, 0.2) is 28.2 Å². The molecule has 0 spiro atoms. The van der Waals surface area contributed by atoms with Gasteiger partial charge in [-0.2, -0.15) is 0 Å². The molecule has 1 aliphatic heterocycles. The average Bonchev–Trinajstić information content (AvgIpc) is 2.96. The molecule has 2 aliphatic rings. The molecule has 0 radical (unpaired) electrons. The third-order valence-corrected chi connectivity index (χ3v) is 5.20. The third-order valence-electron chi connectivity index (χ3n) is 5.20. The Bertz CT molecular complexity index is 938. The highest BCUT2D eigenvalue weighted by molar-refractivity contribution is 5.91. The summed E-state index contributed by atoms with van der Waals surface area (Å²) in [5.74, 6) is -0.116. The third kappa shape index (κ3) is 2.79. The van der Waals surface area contributed by atoms with E-state index in [1.54, 1.807) is 0 Å². The van der Waals surface area contributed by atoms with Gasteiger partial charge < -0.3 is 10.1 Å². The molecule has 1 saturated carbocycles. The summed E-state index contributed by atoms with van der Waals surface area (Å²) in [6, 6.07) is 0. The number of carbonyl (C=O) groups is 1. The van der Waals surface area contributed by atoms with E-state index in [1.165, 1.54) is 18.6 Å². The normalized spacial score (nSPS) is 23.6. The lowest BCUT2D eigenvalue weighted by molar-refractivity contribution is 0.0245. The predicted octanol–water partition coefficient (Wildman–Crippen LogP) is 0.462. The molecule has 4 rings (SSSR count). The van der Waals surface area contributed by atoms with E-state index in [0.717, 1.165) is 25.7 Å². The number of aromatic nitrogens is 4. The number of hydrogen-bond donors (Lipinski definition) is 3. The zero-order chi connectivity index (χ0) is 18.1. The molecule has 0 aromatic carbocycles. The highest BCUT2D eigenvalue weighted by atomic mass is 16.5. The average molecular weight is 357 g/mol. The maximum absolute atomic E-state index is 12.3. The number of fused-ring (bicyclic) bond motifs is 3. The highest BCUT2D eigenvalue weighted by Crippen LogP contribution is 2.51. The van der Waals surface area contributed by atoms with E-state index >= 15 is 0 Å². The molecule has 1 fully saturated rings. The van der Waals surface area contributed by atoms with E-state index in [-0.39, 0.29) is 29.0 Å². The Labute approximate surface area is 148 Å². The molecular weight excluding hydrogens is 338 g/mol. The zero-order valence-corrected chi connectivity index (χ0v) is 14.1. The SMILES string of the molecule is O=C(NCC[C@@]12CCCC[C@@H]1c1c([nH]c(=O)[nH]c1=O)O2)c1cnccn1. The summed E-state index contributed by atoms with van der Waals surface area (Å²) in [5, 5.41) is 2.83. The van der Waals surface area contributed by atoms with Crippen LogP contribution in [0.5, 0.6) is 5.88 Å². The minimum Gasteiger partial charge on any atom is -0.471 e. The fraction of sp³-hybridized carbons (Fsp3) is 0.471. The quantitative estimate of drug-likeness (QED) is 0.729. The fourth-order valence-corrected chi connectivity index (χ4v) is 4.06. The van der Waals surface area contributed by atoms with Crippen molar-refractivity contribution in [3.05, 3.63) is 50.7 Å². The maximum Gasteiger partial charge on any atom is 0.328 e. The lowest BCUT2D eigenvalue weighted by Crippen LogP contribution is -2.44. The topological polar surface area (TPSA) is 130 Å². The molecule has 1 amide bonds. The fourth-order valence-electron chi connectivity index (χ4n) is 4.06. The number of H-pyrrole nitrogens is 2. The van der Waals surface area contributed by atoms with Crippen molar-refractivity contribution >= 4 is 5.91 Å². The van der Waals surface area contributed by atoms with E-state index in [9.17, 15) is 14.4 Å². The Morgan fingerprint density at radius 1 is 1.31 bits per heavy atom. The summed E-state index contributed by atoms with van der Waals surface area (Å²) in [6.45, 7) is 0.377. The van der Waals surface area contributed by atoms with Gasteiger partial charge >= 0.3 is 5.69 Å². The van der Waals surface area contributed by atoms with Gasteiger partial charge in [-0.05, 0) is 19.3 Å². The lowest BCUT2D eigenvalue weighted by atomic mass is 9.72. The summed E-state index contributed by atoms with van der Waals surface area (Å²) in [4.78, 5) is 48.7. The molecule has 1 aliphatic carbocycles. The molecule has 2 aromatic heterocycles. The van der Waals surface area contributed by atoms with E-state index in [4.69, 9.17) is 4.74 Å². The maximum atomic E-state index is 12.3. The molecule has 0 unspecified atom stereocenters. The second-order valence-electron chi connectivity index (χ2n) is 6.71. The van der Waals surface area contributed by atoms with Crippen LogP contribution in [0, 0.1) is 0 Å². The lowest BCUT2D eigenvalue weighted by Gasteiger charge is -2.38. The van der Waals surface area contributed by atoms with Gasteiger partial charge in [-0.15, -0.1) is 0 Å². The van der Waals surface area contributed by atoms with Crippen molar-refractivity contribution in [3.8, 4) is 5.88 Å².